The van der Waals surface area contributed by atoms with Crippen LogP contribution in [0.4, 0.5) is 0 Å². The highest BCUT2D eigenvalue weighted by atomic mass is 16.5. The van der Waals surface area contributed by atoms with E-state index in [-0.39, 0.29) is 35.7 Å². The van der Waals surface area contributed by atoms with Gasteiger partial charge in [0, 0.05) is 12.4 Å². The quantitative estimate of drug-likeness (QED) is 0.137. The highest BCUT2D eigenvalue weighted by molar-refractivity contribution is 6.41. The number of nitrogens with zero attached hydrogens (tertiary/aromatic N) is 4. The highest BCUT2D eigenvalue weighted by Crippen LogP contribution is 2.34. The number of phenols is 1. The molecule has 12 heteroatoms. The number of hydrogen-bond acceptors (Lipinski definition) is 9. The number of carbonyl (C=O) groups is 1. The summed E-state index contributed by atoms with van der Waals surface area (Å²) in [5, 5.41) is 50.1. The number of ether oxygens (including phenoxy) is 1. The predicted molar refractivity (Wildman–Crippen MR) is 100 cm³/mol. The van der Waals surface area contributed by atoms with Gasteiger partial charge in [0.2, 0.25) is 5.84 Å². The molecule has 0 radical (unpaired) electrons. The van der Waals surface area contributed by atoms with Gasteiger partial charge in [0.25, 0.3) is 0 Å². The minimum absolute atomic E-state index is 0.00797. The second-order valence-corrected chi connectivity index (χ2v) is 6.41. The number of rotatable bonds is 7. The average molecular weight is 402 g/mol. The number of benzene rings is 1. The summed E-state index contributed by atoms with van der Waals surface area (Å²) in [4.78, 5) is 21.3. The molecule has 1 fully saturated rings. The molecule has 0 spiro atoms. The fraction of sp³-hybridized carbons (Fsp3) is 0.294. The molecular weight excluding hydrogens is 383 g/mol. The third-order valence-electron chi connectivity index (χ3n) is 4.41. The van der Waals surface area contributed by atoms with Crippen LogP contribution >= 0.6 is 0 Å². The first kappa shape index (κ1) is 20.4. The summed E-state index contributed by atoms with van der Waals surface area (Å²) in [6.45, 7) is 0.603. The Balaban J connectivity index is 1.70. The molecule has 2 heterocycles. The normalized spacial score (nSPS) is 14.4. The minimum Gasteiger partial charge on any atom is -0.507 e. The summed E-state index contributed by atoms with van der Waals surface area (Å²) in [5.74, 6) is -1.43. The lowest BCUT2D eigenvalue weighted by atomic mass is 9.82. The van der Waals surface area contributed by atoms with Crippen LogP contribution in [0, 0.1) is 0 Å². The van der Waals surface area contributed by atoms with Crippen LogP contribution in [0.15, 0.2) is 35.7 Å². The van der Waals surface area contributed by atoms with E-state index in [0.717, 1.165) is 0 Å². The SMILES string of the molecule is O=C(O)c1c(OC2CN(C(=NO)c3ncccn3)C2)ccc(CCB(O)O)c1O. The zero-order valence-corrected chi connectivity index (χ0v) is 15.2. The van der Waals surface area contributed by atoms with E-state index in [2.05, 4.69) is 15.1 Å². The Morgan fingerprint density at radius 3 is 2.55 bits per heavy atom. The molecule has 1 aromatic carbocycles. The Hall–Kier alpha value is -3.38. The van der Waals surface area contributed by atoms with E-state index in [1.165, 1.54) is 24.5 Å². The number of carboxylic acid groups (broad SMARTS) is 1. The number of amidine groups is 1. The van der Waals surface area contributed by atoms with Crippen LogP contribution in [0.3, 0.4) is 0 Å². The Kier molecular flexibility index (Phi) is 6.15. The number of aromatic hydroxyl groups is 1. The zero-order chi connectivity index (χ0) is 21.0. The van der Waals surface area contributed by atoms with Gasteiger partial charge in [0.05, 0.1) is 13.1 Å². The lowest BCUT2D eigenvalue weighted by Gasteiger charge is -2.40. The summed E-state index contributed by atoms with van der Waals surface area (Å²) in [6.07, 6.45) is 2.67. The van der Waals surface area contributed by atoms with Crippen LogP contribution in [0.1, 0.15) is 21.7 Å². The van der Waals surface area contributed by atoms with Crippen molar-refractivity contribution in [3.8, 4) is 11.5 Å². The van der Waals surface area contributed by atoms with E-state index in [1.807, 2.05) is 0 Å². The summed E-state index contributed by atoms with van der Waals surface area (Å²) in [6, 6.07) is 4.53. The van der Waals surface area contributed by atoms with Crippen molar-refractivity contribution in [2.75, 3.05) is 13.1 Å². The zero-order valence-electron chi connectivity index (χ0n) is 15.2. The van der Waals surface area contributed by atoms with Crippen LogP contribution in [0.2, 0.25) is 6.32 Å². The van der Waals surface area contributed by atoms with Crippen molar-refractivity contribution in [3.63, 3.8) is 0 Å². The van der Waals surface area contributed by atoms with Crippen molar-refractivity contribution < 1.29 is 35.0 Å². The first-order valence-electron chi connectivity index (χ1n) is 8.76. The van der Waals surface area contributed by atoms with Gasteiger partial charge in [0.1, 0.15) is 23.2 Å². The largest absolute Gasteiger partial charge is 0.507 e. The minimum atomic E-state index is -1.56. The van der Waals surface area contributed by atoms with Crippen molar-refractivity contribution in [2.24, 2.45) is 5.16 Å². The number of aromatic nitrogens is 2. The fourth-order valence-corrected chi connectivity index (χ4v) is 2.94. The molecule has 1 aliphatic rings. The van der Waals surface area contributed by atoms with Gasteiger partial charge in [-0.1, -0.05) is 11.2 Å². The lowest BCUT2D eigenvalue weighted by molar-refractivity contribution is 0.0585. The molecular formula is C17H19BN4O7. The summed E-state index contributed by atoms with van der Waals surface area (Å²) in [5.41, 5.74) is -0.121. The number of hydrogen-bond donors (Lipinski definition) is 5. The molecule has 1 aliphatic heterocycles. The summed E-state index contributed by atoms with van der Waals surface area (Å²) in [7, 11) is -1.56. The van der Waals surface area contributed by atoms with Crippen LogP contribution in [0.5, 0.6) is 11.5 Å². The molecule has 0 unspecified atom stereocenters. The maximum absolute atomic E-state index is 11.6. The number of likely N-dealkylation sites (tertiary alicyclic amines) is 1. The molecule has 1 saturated heterocycles. The molecule has 5 N–H and O–H groups in total. The Morgan fingerprint density at radius 2 is 1.97 bits per heavy atom. The van der Waals surface area contributed by atoms with Crippen molar-refractivity contribution in [3.05, 3.63) is 47.5 Å². The maximum Gasteiger partial charge on any atom is 0.451 e. The lowest BCUT2D eigenvalue weighted by Crippen LogP contribution is -2.56. The first-order valence-corrected chi connectivity index (χ1v) is 8.76. The first-order chi connectivity index (χ1) is 13.9. The molecule has 2 aromatic rings. The number of aromatic carboxylic acids is 1. The fourth-order valence-electron chi connectivity index (χ4n) is 2.94. The van der Waals surface area contributed by atoms with E-state index < -0.39 is 30.5 Å². The van der Waals surface area contributed by atoms with Gasteiger partial charge in [0.15, 0.2) is 5.82 Å². The Morgan fingerprint density at radius 1 is 1.28 bits per heavy atom. The molecule has 1 aromatic heterocycles. The molecule has 0 atom stereocenters. The van der Waals surface area contributed by atoms with Crippen LogP contribution < -0.4 is 4.74 Å². The smallest absolute Gasteiger partial charge is 0.451 e. The maximum atomic E-state index is 11.6. The van der Waals surface area contributed by atoms with Gasteiger partial charge >= 0.3 is 13.1 Å². The monoisotopic (exact) mass is 402 g/mol. The Bertz CT molecular complexity index is 904. The second kappa shape index (κ2) is 8.75. The third kappa shape index (κ3) is 4.55. The van der Waals surface area contributed by atoms with Gasteiger partial charge in [-0.25, -0.2) is 14.8 Å². The van der Waals surface area contributed by atoms with Gasteiger partial charge in [-0.15, -0.1) is 0 Å². The molecule has 0 amide bonds. The summed E-state index contributed by atoms with van der Waals surface area (Å²) >= 11 is 0. The van der Waals surface area contributed by atoms with Gasteiger partial charge in [-0.05, 0) is 30.4 Å². The van der Waals surface area contributed by atoms with Crippen molar-refractivity contribution in [1.82, 2.24) is 14.9 Å². The van der Waals surface area contributed by atoms with E-state index in [0.29, 0.717) is 13.1 Å². The van der Waals surface area contributed by atoms with E-state index in [4.69, 9.17) is 14.8 Å². The van der Waals surface area contributed by atoms with Crippen LogP contribution in [-0.4, -0.2) is 78.5 Å². The van der Waals surface area contributed by atoms with Gasteiger partial charge in [-0.3, -0.25) is 0 Å². The molecule has 0 saturated carbocycles. The van der Waals surface area contributed by atoms with E-state index >= 15 is 0 Å². The highest BCUT2D eigenvalue weighted by Gasteiger charge is 2.34. The summed E-state index contributed by atoms with van der Waals surface area (Å²) < 4.78 is 5.71. The van der Waals surface area contributed by atoms with Crippen molar-refractivity contribution in [1.29, 1.82) is 0 Å². The third-order valence-corrected chi connectivity index (χ3v) is 4.41. The standard InChI is InChI=1S/C17H19BN4O7/c23-14-10(4-5-18(26)27)2-3-12(13(14)17(24)25)29-11-8-22(9-11)16(21-28)15-19-6-1-7-20-15/h1-3,6-7,11,23,26-28H,4-5,8-9H2,(H,24,25). The molecule has 0 aliphatic carbocycles. The van der Waals surface area contributed by atoms with Gasteiger partial charge in [-0.2, -0.15) is 0 Å². The second-order valence-electron chi connectivity index (χ2n) is 6.41. The van der Waals surface area contributed by atoms with Crippen LogP contribution in [-0.2, 0) is 6.42 Å². The molecule has 3 rings (SSSR count). The number of oxime groups is 1. The van der Waals surface area contributed by atoms with E-state index in [1.54, 1.807) is 11.0 Å². The Labute approximate surface area is 165 Å². The predicted octanol–water partition coefficient (Wildman–Crippen LogP) is -0.205. The molecule has 11 nitrogen and oxygen atoms in total. The van der Waals surface area contributed by atoms with E-state index in [9.17, 15) is 20.2 Å². The van der Waals surface area contributed by atoms with Crippen molar-refractivity contribution >= 4 is 18.9 Å². The molecule has 29 heavy (non-hydrogen) atoms. The topological polar surface area (TPSA) is 169 Å². The number of aryl methyl sites for hydroxylation is 1. The number of carboxylic acids is 1. The molecule has 152 valence electrons. The average Bonchev–Trinajstić information content (AvgIpc) is 2.66. The van der Waals surface area contributed by atoms with Gasteiger partial charge < -0.3 is 35.1 Å². The van der Waals surface area contributed by atoms with Crippen molar-refractivity contribution in [2.45, 2.75) is 18.8 Å². The van der Waals surface area contributed by atoms with Crippen LogP contribution in [0.25, 0.3) is 0 Å². The molecule has 0 bridgehead atoms.